The molecule has 0 fully saturated rings. The molecule has 1 atom stereocenters. The van der Waals surface area contributed by atoms with Crippen LogP contribution in [0.1, 0.15) is 28.8 Å². The van der Waals surface area contributed by atoms with Crippen LogP contribution in [0.4, 0.5) is 0 Å². The van der Waals surface area contributed by atoms with Gasteiger partial charge in [-0.25, -0.2) is 0 Å². The van der Waals surface area contributed by atoms with Crippen molar-refractivity contribution in [3.05, 3.63) is 56.2 Å². The van der Waals surface area contributed by atoms with Crippen molar-refractivity contribution in [1.82, 2.24) is 5.32 Å². The number of rotatable bonds is 4. The van der Waals surface area contributed by atoms with E-state index >= 15 is 0 Å². The van der Waals surface area contributed by atoms with Crippen LogP contribution < -0.4 is 5.32 Å². The zero-order valence-electron chi connectivity index (χ0n) is 11.8. The van der Waals surface area contributed by atoms with E-state index in [1.807, 2.05) is 11.3 Å². The maximum atomic E-state index is 3.58. The van der Waals surface area contributed by atoms with Gasteiger partial charge >= 0.3 is 0 Å². The molecule has 1 heterocycles. The number of thiophene rings is 1. The van der Waals surface area contributed by atoms with Gasteiger partial charge in [-0.2, -0.15) is 0 Å². The average Bonchev–Trinajstić information content (AvgIpc) is 2.85. The molecule has 1 unspecified atom stereocenters. The van der Waals surface area contributed by atoms with Gasteiger partial charge in [-0.3, -0.25) is 0 Å². The van der Waals surface area contributed by atoms with Crippen LogP contribution in [0, 0.1) is 0 Å². The van der Waals surface area contributed by atoms with Gasteiger partial charge in [0.1, 0.15) is 0 Å². The Morgan fingerprint density at radius 2 is 2.20 bits per heavy atom. The molecule has 1 aromatic heterocycles. The fourth-order valence-corrected chi connectivity index (χ4v) is 5.15. The fraction of sp³-hybridized carbons (Fsp3) is 0.412. The SMILES string of the molecule is CNCC1(Cc2cc(Br)cs2)CCCc2ccccc21. The Bertz CT molecular complexity index is 592. The van der Waals surface area contributed by atoms with Crippen molar-refractivity contribution in [1.29, 1.82) is 0 Å². The number of likely N-dealkylation sites (N-methyl/N-ethyl adjacent to an activating group) is 1. The van der Waals surface area contributed by atoms with Crippen LogP contribution in [-0.4, -0.2) is 13.6 Å². The summed E-state index contributed by atoms with van der Waals surface area (Å²) in [5.41, 5.74) is 3.36. The highest BCUT2D eigenvalue weighted by atomic mass is 79.9. The van der Waals surface area contributed by atoms with Crippen molar-refractivity contribution in [3.8, 4) is 0 Å². The van der Waals surface area contributed by atoms with E-state index in [-0.39, 0.29) is 5.41 Å². The van der Waals surface area contributed by atoms with Crippen molar-refractivity contribution < 1.29 is 0 Å². The predicted molar refractivity (Wildman–Crippen MR) is 90.7 cm³/mol. The van der Waals surface area contributed by atoms with Gasteiger partial charge in [0.25, 0.3) is 0 Å². The Labute approximate surface area is 133 Å². The highest BCUT2D eigenvalue weighted by Gasteiger charge is 2.36. The molecule has 0 amide bonds. The molecule has 1 N–H and O–H groups in total. The number of hydrogen-bond donors (Lipinski definition) is 1. The summed E-state index contributed by atoms with van der Waals surface area (Å²) >= 11 is 5.45. The largest absolute Gasteiger partial charge is 0.319 e. The second-order valence-electron chi connectivity index (χ2n) is 5.73. The standard InChI is InChI=1S/C17H20BrNS/c1-19-12-17(10-15-9-14(18)11-20-15)8-4-6-13-5-2-3-7-16(13)17/h2-3,5,7,9,11,19H,4,6,8,10,12H2,1H3. The normalized spacial score (nSPS) is 21.7. The van der Waals surface area contributed by atoms with E-state index in [1.54, 1.807) is 11.1 Å². The molecule has 0 radical (unpaired) electrons. The van der Waals surface area contributed by atoms with Crippen LogP contribution in [0.3, 0.4) is 0 Å². The van der Waals surface area contributed by atoms with E-state index in [0.717, 1.165) is 13.0 Å². The molecule has 106 valence electrons. The third-order valence-electron chi connectivity index (χ3n) is 4.34. The minimum atomic E-state index is 0.258. The fourth-order valence-electron chi connectivity index (χ4n) is 3.56. The smallest absolute Gasteiger partial charge is 0.0285 e. The minimum absolute atomic E-state index is 0.258. The van der Waals surface area contributed by atoms with Crippen LogP contribution in [0.2, 0.25) is 0 Å². The Morgan fingerprint density at radius 3 is 2.95 bits per heavy atom. The third-order valence-corrected chi connectivity index (χ3v) is 6.04. The molecule has 0 spiro atoms. The quantitative estimate of drug-likeness (QED) is 0.853. The molecule has 1 aliphatic carbocycles. The van der Waals surface area contributed by atoms with Crippen LogP contribution in [0.15, 0.2) is 40.2 Å². The summed E-state index contributed by atoms with van der Waals surface area (Å²) in [4.78, 5) is 1.48. The van der Waals surface area contributed by atoms with Gasteiger partial charge in [-0.15, -0.1) is 11.3 Å². The second-order valence-corrected chi connectivity index (χ2v) is 7.64. The van der Waals surface area contributed by atoms with Crippen LogP contribution in [-0.2, 0) is 18.3 Å². The molecule has 1 aromatic carbocycles. The van der Waals surface area contributed by atoms with Gasteiger partial charge in [-0.1, -0.05) is 24.3 Å². The lowest BCUT2D eigenvalue weighted by Crippen LogP contribution is -2.41. The molecular formula is C17H20BrNS. The van der Waals surface area contributed by atoms with Gasteiger partial charge in [0.15, 0.2) is 0 Å². The summed E-state index contributed by atoms with van der Waals surface area (Å²) in [6.07, 6.45) is 4.95. The lowest BCUT2D eigenvalue weighted by molar-refractivity contribution is 0.347. The number of nitrogens with one attached hydrogen (secondary N) is 1. The maximum absolute atomic E-state index is 3.58. The Balaban J connectivity index is 2.00. The predicted octanol–water partition coefficient (Wildman–Crippen LogP) is 4.55. The van der Waals surface area contributed by atoms with Crippen molar-refractivity contribution in [2.24, 2.45) is 0 Å². The number of halogens is 1. The average molecular weight is 350 g/mol. The van der Waals surface area contributed by atoms with Crippen molar-refractivity contribution in [2.75, 3.05) is 13.6 Å². The molecule has 0 saturated heterocycles. The molecular weight excluding hydrogens is 330 g/mol. The van der Waals surface area contributed by atoms with E-state index in [9.17, 15) is 0 Å². The highest BCUT2D eigenvalue weighted by Crippen LogP contribution is 2.40. The summed E-state index contributed by atoms with van der Waals surface area (Å²) in [5.74, 6) is 0. The first-order valence-corrected chi connectivity index (χ1v) is 8.87. The molecule has 3 heteroatoms. The monoisotopic (exact) mass is 349 g/mol. The topological polar surface area (TPSA) is 12.0 Å². The highest BCUT2D eigenvalue weighted by molar-refractivity contribution is 9.10. The first-order chi connectivity index (χ1) is 9.73. The second kappa shape index (κ2) is 6.00. The van der Waals surface area contributed by atoms with E-state index in [4.69, 9.17) is 0 Å². The summed E-state index contributed by atoms with van der Waals surface area (Å²) < 4.78 is 1.21. The summed E-state index contributed by atoms with van der Waals surface area (Å²) in [6, 6.07) is 11.3. The third kappa shape index (κ3) is 2.72. The summed E-state index contributed by atoms with van der Waals surface area (Å²) in [6.45, 7) is 1.06. The lowest BCUT2D eigenvalue weighted by atomic mass is 9.67. The zero-order chi connectivity index (χ0) is 14.0. The van der Waals surface area contributed by atoms with E-state index < -0.39 is 0 Å². The van der Waals surface area contributed by atoms with Crippen LogP contribution in [0.5, 0.6) is 0 Å². The Kier molecular flexibility index (Phi) is 4.29. The Hall–Kier alpha value is -0.640. The molecule has 0 saturated carbocycles. The number of aryl methyl sites for hydroxylation is 1. The van der Waals surface area contributed by atoms with Gasteiger partial charge in [0, 0.05) is 26.7 Å². The molecule has 3 rings (SSSR count). The van der Waals surface area contributed by atoms with Crippen molar-refractivity contribution >= 4 is 27.3 Å². The van der Waals surface area contributed by atoms with Gasteiger partial charge in [0.2, 0.25) is 0 Å². The molecule has 2 aromatic rings. The van der Waals surface area contributed by atoms with E-state index in [1.165, 1.54) is 28.6 Å². The number of fused-ring (bicyclic) bond motifs is 1. The Morgan fingerprint density at radius 1 is 1.35 bits per heavy atom. The van der Waals surface area contributed by atoms with Gasteiger partial charge in [0.05, 0.1) is 0 Å². The number of benzene rings is 1. The lowest BCUT2D eigenvalue weighted by Gasteiger charge is -2.39. The molecule has 1 nitrogen and oxygen atoms in total. The first kappa shape index (κ1) is 14.3. The zero-order valence-corrected chi connectivity index (χ0v) is 14.2. The van der Waals surface area contributed by atoms with E-state index in [0.29, 0.717) is 0 Å². The van der Waals surface area contributed by atoms with E-state index in [2.05, 4.69) is 64.0 Å². The minimum Gasteiger partial charge on any atom is -0.319 e. The van der Waals surface area contributed by atoms with Crippen LogP contribution in [0.25, 0.3) is 0 Å². The number of hydrogen-bond acceptors (Lipinski definition) is 2. The maximum Gasteiger partial charge on any atom is 0.0285 e. The molecule has 20 heavy (non-hydrogen) atoms. The van der Waals surface area contributed by atoms with Crippen molar-refractivity contribution in [3.63, 3.8) is 0 Å². The van der Waals surface area contributed by atoms with Crippen molar-refractivity contribution in [2.45, 2.75) is 31.1 Å². The van der Waals surface area contributed by atoms with Gasteiger partial charge < -0.3 is 5.32 Å². The van der Waals surface area contributed by atoms with Gasteiger partial charge in [-0.05, 0) is 65.9 Å². The summed E-state index contributed by atoms with van der Waals surface area (Å²) in [5, 5.41) is 5.63. The molecule has 0 aliphatic heterocycles. The molecule has 0 bridgehead atoms. The summed E-state index contributed by atoms with van der Waals surface area (Å²) in [7, 11) is 2.07. The first-order valence-electron chi connectivity index (χ1n) is 7.19. The molecule has 1 aliphatic rings. The van der Waals surface area contributed by atoms with Crippen LogP contribution >= 0.6 is 27.3 Å².